The van der Waals surface area contributed by atoms with Crippen LogP contribution in [0.1, 0.15) is 28.4 Å². The van der Waals surface area contributed by atoms with E-state index in [2.05, 4.69) is 5.10 Å². The van der Waals surface area contributed by atoms with Crippen molar-refractivity contribution in [1.29, 1.82) is 0 Å². The van der Waals surface area contributed by atoms with Gasteiger partial charge in [-0.15, -0.1) is 0 Å². The topological polar surface area (TPSA) is 86.1 Å². The third kappa shape index (κ3) is 4.73. The third-order valence-corrected chi connectivity index (χ3v) is 6.69. The number of hydrogen-bond donors (Lipinski definition) is 0. The minimum absolute atomic E-state index is 0.0564. The molecule has 33 heavy (non-hydrogen) atoms. The number of rotatable bonds is 7. The first-order valence-electron chi connectivity index (χ1n) is 9.93. The van der Waals surface area contributed by atoms with E-state index in [1.165, 1.54) is 37.4 Å². The lowest BCUT2D eigenvalue weighted by molar-refractivity contribution is -0.117. The summed E-state index contributed by atoms with van der Waals surface area (Å²) in [5.41, 5.74) is 1.27. The molecule has 4 aromatic rings. The molecule has 3 aromatic carbocycles. The molecule has 0 atom stereocenters. The van der Waals surface area contributed by atoms with Crippen molar-refractivity contribution in [3.63, 3.8) is 0 Å². The van der Waals surface area contributed by atoms with Gasteiger partial charge in [0.1, 0.15) is 17.4 Å². The van der Waals surface area contributed by atoms with E-state index in [0.717, 1.165) is 22.3 Å². The highest BCUT2D eigenvalue weighted by Crippen LogP contribution is 2.23. The first-order chi connectivity index (χ1) is 15.6. The molecule has 1 heterocycles. The molecule has 0 amide bonds. The van der Waals surface area contributed by atoms with Gasteiger partial charge in [0.2, 0.25) is 0 Å². The average molecular weight is 468 g/mol. The van der Waals surface area contributed by atoms with Crippen LogP contribution >= 0.6 is 0 Å². The molecule has 0 fully saturated rings. The Morgan fingerprint density at radius 2 is 1.61 bits per heavy atom. The summed E-state index contributed by atoms with van der Waals surface area (Å²) < 4.78 is 54.0. The molecule has 0 N–H and O–H groups in total. The maximum Gasteiger partial charge on any atom is 0.283 e. The van der Waals surface area contributed by atoms with Gasteiger partial charge in [-0.3, -0.25) is 9.59 Å². The predicted octanol–water partition coefficient (Wildman–Crippen LogP) is 4.11. The van der Waals surface area contributed by atoms with E-state index in [1.54, 1.807) is 18.2 Å². The number of halogens is 2. The molecule has 0 radical (unpaired) electrons. The molecule has 0 saturated carbocycles. The lowest BCUT2D eigenvalue weighted by Crippen LogP contribution is -2.15. The quantitative estimate of drug-likeness (QED) is 0.381. The molecule has 0 aliphatic rings. The molecular formula is C24H18F2N2O4S. The summed E-state index contributed by atoms with van der Waals surface area (Å²) in [5, 5.41) is 4.55. The molecule has 1 aromatic heterocycles. The molecule has 0 saturated heterocycles. The van der Waals surface area contributed by atoms with E-state index in [-0.39, 0.29) is 45.9 Å². The SMILES string of the molecule is CC(=O)c1cccc(S(=O)(=O)n2ncc3ccc(CC(=O)Cc4cc(F)cc(F)c4)cc32)c1. The highest BCUT2D eigenvalue weighted by Gasteiger charge is 2.22. The molecule has 6 nitrogen and oxygen atoms in total. The van der Waals surface area contributed by atoms with Crippen LogP contribution in [-0.4, -0.2) is 29.2 Å². The summed E-state index contributed by atoms with van der Waals surface area (Å²) in [6.07, 6.45) is 1.17. The van der Waals surface area contributed by atoms with E-state index < -0.39 is 21.7 Å². The van der Waals surface area contributed by atoms with Gasteiger partial charge in [0.05, 0.1) is 16.6 Å². The van der Waals surface area contributed by atoms with Crippen molar-refractivity contribution in [2.24, 2.45) is 0 Å². The summed E-state index contributed by atoms with van der Waals surface area (Å²) in [6.45, 7) is 1.34. The number of carbonyl (C=O) groups excluding carboxylic acids is 2. The van der Waals surface area contributed by atoms with Crippen LogP contribution in [-0.2, 0) is 27.7 Å². The summed E-state index contributed by atoms with van der Waals surface area (Å²) in [7, 11) is -4.10. The predicted molar refractivity (Wildman–Crippen MR) is 118 cm³/mol. The van der Waals surface area contributed by atoms with Gasteiger partial charge in [-0.2, -0.15) is 17.6 Å². The van der Waals surface area contributed by atoms with Crippen LogP contribution in [0.25, 0.3) is 10.9 Å². The number of nitrogens with zero attached hydrogens (tertiary/aromatic N) is 2. The Hall–Kier alpha value is -3.72. The molecule has 0 aliphatic carbocycles. The number of Topliss-reactive ketones (excluding diaryl/α,β-unsaturated/α-hetero) is 2. The van der Waals surface area contributed by atoms with Gasteiger partial charge in [0.25, 0.3) is 10.0 Å². The molecule has 0 spiro atoms. The van der Waals surface area contributed by atoms with Crippen LogP contribution in [0.15, 0.2) is 71.8 Å². The zero-order valence-corrected chi connectivity index (χ0v) is 18.3. The van der Waals surface area contributed by atoms with Crippen LogP contribution in [0, 0.1) is 11.6 Å². The van der Waals surface area contributed by atoms with Crippen molar-refractivity contribution in [3.05, 3.63) is 95.2 Å². The summed E-state index contributed by atoms with van der Waals surface area (Å²) in [4.78, 5) is 24.0. The fraction of sp³-hybridized carbons (Fsp3) is 0.125. The lowest BCUT2D eigenvalue weighted by Gasteiger charge is -2.08. The average Bonchev–Trinajstić information content (AvgIpc) is 3.17. The molecule has 4 rings (SSSR count). The second-order valence-electron chi connectivity index (χ2n) is 7.64. The molecule has 0 bridgehead atoms. The fourth-order valence-corrected chi connectivity index (χ4v) is 4.86. The minimum atomic E-state index is -4.10. The number of benzene rings is 3. The summed E-state index contributed by atoms with van der Waals surface area (Å²) in [6, 6.07) is 13.4. The first-order valence-corrected chi connectivity index (χ1v) is 11.4. The Bertz CT molecular complexity index is 1490. The maximum absolute atomic E-state index is 13.4. The number of aromatic nitrogens is 2. The number of ketones is 2. The first kappa shape index (κ1) is 22.5. The number of fused-ring (bicyclic) bond motifs is 1. The van der Waals surface area contributed by atoms with Crippen molar-refractivity contribution in [2.45, 2.75) is 24.7 Å². The zero-order valence-electron chi connectivity index (χ0n) is 17.5. The van der Waals surface area contributed by atoms with Crippen molar-refractivity contribution in [3.8, 4) is 0 Å². The highest BCUT2D eigenvalue weighted by atomic mass is 32.2. The van der Waals surface area contributed by atoms with Gasteiger partial charge in [-0.25, -0.2) is 8.78 Å². The normalized spacial score (nSPS) is 11.6. The van der Waals surface area contributed by atoms with E-state index in [1.807, 2.05) is 0 Å². The number of hydrogen-bond acceptors (Lipinski definition) is 5. The summed E-state index contributed by atoms with van der Waals surface area (Å²) >= 11 is 0. The van der Waals surface area contributed by atoms with E-state index in [0.29, 0.717) is 10.9 Å². The molecule has 9 heteroatoms. The second kappa shape index (κ2) is 8.67. The lowest BCUT2D eigenvalue weighted by atomic mass is 10.0. The van der Waals surface area contributed by atoms with Crippen LogP contribution < -0.4 is 0 Å². The Balaban J connectivity index is 1.64. The van der Waals surface area contributed by atoms with Crippen molar-refractivity contribution in [2.75, 3.05) is 0 Å². The van der Waals surface area contributed by atoms with Crippen molar-refractivity contribution in [1.82, 2.24) is 9.19 Å². The van der Waals surface area contributed by atoms with Gasteiger partial charge < -0.3 is 0 Å². The minimum Gasteiger partial charge on any atom is -0.299 e. The maximum atomic E-state index is 13.4. The zero-order chi connectivity index (χ0) is 23.8. The molecule has 0 aliphatic heterocycles. The van der Waals surface area contributed by atoms with E-state index >= 15 is 0 Å². The van der Waals surface area contributed by atoms with E-state index in [4.69, 9.17) is 0 Å². The monoisotopic (exact) mass is 468 g/mol. The van der Waals surface area contributed by atoms with Gasteiger partial charge >= 0.3 is 0 Å². The van der Waals surface area contributed by atoms with Gasteiger partial charge in [0.15, 0.2) is 5.78 Å². The molecule has 0 unspecified atom stereocenters. The Morgan fingerprint density at radius 3 is 2.30 bits per heavy atom. The largest absolute Gasteiger partial charge is 0.299 e. The van der Waals surface area contributed by atoms with Crippen molar-refractivity contribution < 1.29 is 26.8 Å². The Kier molecular flexibility index (Phi) is 5.90. The van der Waals surface area contributed by atoms with Crippen molar-refractivity contribution >= 4 is 32.5 Å². The second-order valence-corrected chi connectivity index (χ2v) is 9.41. The fourth-order valence-electron chi connectivity index (χ4n) is 3.55. The Labute approximate surface area is 188 Å². The third-order valence-electron chi connectivity index (χ3n) is 5.09. The number of carbonyl (C=O) groups is 2. The highest BCUT2D eigenvalue weighted by molar-refractivity contribution is 7.90. The van der Waals surface area contributed by atoms with Crippen LogP contribution in [0.3, 0.4) is 0 Å². The molecular weight excluding hydrogens is 450 g/mol. The smallest absolute Gasteiger partial charge is 0.283 e. The summed E-state index contributed by atoms with van der Waals surface area (Å²) in [5.74, 6) is -2.08. The molecule has 168 valence electrons. The standard InChI is InChI=1S/C24H18F2N2O4S/c1-15(29)18-3-2-4-23(12-18)33(31,32)28-24-11-16(5-6-19(24)14-27-28)9-22(30)10-17-7-20(25)13-21(26)8-17/h2-8,11-14H,9-10H2,1H3. The van der Waals surface area contributed by atoms with Crippen LogP contribution in [0.5, 0.6) is 0 Å². The van der Waals surface area contributed by atoms with Gasteiger partial charge in [-0.1, -0.05) is 24.3 Å². The van der Waals surface area contributed by atoms with Gasteiger partial charge in [-0.05, 0) is 48.4 Å². The van der Waals surface area contributed by atoms with Crippen LogP contribution in [0.2, 0.25) is 0 Å². The van der Waals surface area contributed by atoms with E-state index in [9.17, 15) is 26.8 Å². The van der Waals surface area contributed by atoms with Crippen LogP contribution in [0.4, 0.5) is 8.78 Å². The Morgan fingerprint density at radius 1 is 0.909 bits per heavy atom. The van der Waals surface area contributed by atoms with Gasteiger partial charge in [0, 0.05) is 29.9 Å².